The molecule has 0 heterocycles. The molecule has 0 atom stereocenters. The Bertz CT molecular complexity index is 135. The van der Waals surface area contributed by atoms with E-state index in [0.29, 0.717) is 0 Å². The van der Waals surface area contributed by atoms with Crippen LogP contribution in [0.15, 0.2) is 0 Å². The summed E-state index contributed by atoms with van der Waals surface area (Å²) in [5.41, 5.74) is 0. The number of carbonyl (C=O) groups is 2. The molecule has 0 aromatic rings. The van der Waals surface area contributed by atoms with E-state index in [4.69, 9.17) is 0 Å². The Kier molecular flexibility index (Phi) is 5.39. The fourth-order valence-electron chi connectivity index (χ4n) is 0.232. The van der Waals surface area contributed by atoms with E-state index in [2.05, 4.69) is 29.3 Å². The van der Waals surface area contributed by atoms with Crippen molar-refractivity contribution in [1.29, 1.82) is 0 Å². The Morgan fingerprint density at radius 1 is 0.750 bits per heavy atom. The summed E-state index contributed by atoms with van der Waals surface area (Å²) in [6.45, 7) is 0. The van der Waals surface area contributed by atoms with Crippen LogP contribution in [0.4, 0.5) is 9.59 Å². The van der Waals surface area contributed by atoms with Crippen molar-refractivity contribution in [2.45, 2.75) is 0 Å². The first kappa shape index (κ1) is 10.5. The number of carbonyl (C=O) groups excluding carboxylic acids is 2. The first-order valence-electron chi connectivity index (χ1n) is 2.54. The van der Waals surface area contributed by atoms with Gasteiger partial charge in [0.1, 0.15) is 0 Å². The van der Waals surface area contributed by atoms with Gasteiger partial charge in [0.15, 0.2) is 0 Å². The van der Waals surface area contributed by atoms with E-state index in [1.165, 1.54) is 0 Å². The smallest absolute Gasteiger partial charge is 0.257 e. The second-order valence-corrected chi connectivity index (χ2v) is 1.17. The highest BCUT2D eigenvalue weighted by Crippen LogP contribution is 1.90. The molecule has 0 aromatic carbocycles. The molecule has 0 aliphatic rings. The summed E-state index contributed by atoms with van der Waals surface area (Å²) < 4.78 is 0. The lowest BCUT2D eigenvalue weighted by Gasteiger charge is -1.99. The molecular formula is C4H6O8. The third kappa shape index (κ3) is 5.26. The molecule has 0 radical (unpaired) electrons. The highest BCUT2D eigenvalue weighted by atomic mass is 17.4. The van der Waals surface area contributed by atoms with E-state index in [0.717, 1.165) is 14.2 Å². The molecular weight excluding hydrogens is 176 g/mol. The average molecular weight is 182 g/mol. The molecule has 0 bridgehead atoms. The van der Waals surface area contributed by atoms with Crippen LogP contribution in [0.1, 0.15) is 0 Å². The summed E-state index contributed by atoms with van der Waals surface area (Å²) in [5, 5.41) is 0. The molecule has 0 saturated heterocycles. The van der Waals surface area contributed by atoms with Gasteiger partial charge < -0.3 is 0 Å². The molecule has 8 nitrogen and oxygen atoms in total. The first-order chi connectivity index (χ1) is 5.70. The van der Waals surface area contributed by atoms with Crippen molar-refractivity contribution in [3.8, 4) is 0 Å². The van der Waals surface area contributed by atoms with Crippen LogP contribution in [-0.2, 0) is 29.3 Å². The molecule has 0 aliphatic heterocycles. The summed E-state index contributed by atoms with van der Waals surface area (Å²) in [4.78, 5) is 42.9. The zero-order valence-corrected chi connectivity index (χ0v) is 6.27. The van der Waals surface area contributed by atoms with Gasteiger partial charge in [0.25, 0.3) is 0 Å². The fraction of sp³-hybridized carbons (Fsp3) is 0.500. The Morgan fingerprint density at radius 2 is 1.08 bits per heavy atom. The average Bonchev–Trinajstić information content (AvgIpc) is 2.02. The number of hydrogen-bond donors (Lipinski definition) is 0. The highest BCUT2D eigenvalue weighted by molar-refractivity contribution is 5.62. The lowest BCUT2D eigenvalue weighted by molar-refractivity contribution is -0.316. The van der Waals surface area contributed by atoms with Gasteiger partial charge >= 0.3 is 12.3 Å². The Labute approximate surface area is 66.6 Å². The van der Waals surface area contributed by atoms with E-state index in [1.54, 1.807) is 0 Å². The van der Waals surface area contributed by atoms with Crippen LogP contribution in [0.5, 0.6) is 0 Å². The first-order valence-corrected chi connectivity index (χ1v) is 2.54. The summed E-state index contributed by atoms with van der Waals surface area (Å²) in [5.74, 6) is 0. The van der Waals surface area contributed by atoms with E-state index < -0.39 is 12.3 Å². The summed E-state index contributed by atoms with van der Waals surface area (Å²) in [7, 11) is 2.13. The van der Waals surface area contributed by atoms with Crippen molar-refractivity contribution in [3.63, 3.8) is 0 Å². The van der Waals surface area contributed by atoms with Gasteiger partial charge in [-0.1, -0.05) is 0 Å². The Hall–Kier alpha value is -1.54. The van der Waals surface area contributed by atoms with E-state index in [-0.39, 0.29) is 0 Å². The maximum absolute atomic E-state index is 10.2. The van der Waals surface area contributed by atoms with Crippen LogP contribution < -0.4 is 0 Å². The van der Waals surface area contributed by atoms with Gasteiger partial charge in [0, 0.05) is 0 Å². The number of hydrogen-bond acceptors (Lipinski definition) is 8. The normalized spacial score (nSPS) is 8.50. The lowest BCUT2D eigenvalue weighted by Crippen LogP contribution is -2.12. The summed E-state index contributed by atoms with van der Waals surface area (Å²) in [6, 6.07) is 0. The molecule has 0 amide bonds. The molecule has 0 saturated carbocycles. The van der Waals surface area contributed by atoms with Crippen LogP contribution in [0, 0.1) is 0 Å². The van der Waals surface area contributed by atoms with Gasteiger partial charge in [-0.25, -0.2) is 0 Å². The molecule has 0 unspecified atom stereocenters. The molecule has 0 fully saturated rings. The number of rotatable bonds is 2. The van der Waals surface area contributed by atoms with Crippen molar-refractivity contribution >= 4 is 12.3 Å². The van der Waals surface area contributed by atoms with Crippen LogP contribution in [0.25, 0.3) is 0 Å². The molecule has 0 rings (SSSR count). The Balaban J connectivity index is 3.40. The minimum Gasteiger partial charge on any atom is -0.257 e. The zero-order valence-electron chi connectivity index (χ0n) is 6.27. The predicted molar refractivity (Wildman–Crippen MR) is 29.1 cm³/mol. The fourth-order valence-corrected chi connectivity index (χ4v) is 0.232. The lowest BCUT2D eigenvalue weighted by atomic mass is 11.4. The standard InChI is InChI=1S/C4H6O8/c1-7-9-3(5)11-12-4(6)10-8-2/h1-2H3. The minimum atomic E-state index is -1.36. The van der Waals surface area contributed by atoms with Crippen LogP contribution >= 0.6 is 0 Å². The van der Waals surface area contributed by atoms with Crippen molar-refractivity contribution < 1.29 is 38.9 Å². The van der Waals surface area contributed by atoms with Gasteiger partial charge in [-0.2, -0.15) is 29.1 Å². The molecule has 12 heavy (non-hydrogen) atoms. The minimum absolute atomic E-state index is 1.06. The third-order valence-electron chi connectivity index (χ3n) is 0.480. The van der Waals surface area contributed by atoms with Crippen LogP contribution in [-0.4, -0.2) is 26.5 Å². The second-order valence-electron chi connectivity index (χ2n) is 1.17. The molecule has 0 N–H and O–H groups in total. The van der Waals surface area contributed by atoms with Crippen molar-refractivity contribution in [2.24, 2.45) is 0 Å². The largest absolute Gasteiger partial charge is 0.582 e. The van der Waals surface area contributed by atoms with E-state index in [9.17, 15) is 9.59 Å². The van der Waals surface area contributed by atoms with Gasteiger partial charge in [0.05, 0.1) is 14.2 Å². The summed E-state index contributed by atoms with van der Waals surface area (Å²) in [6.07, 6.45) is -2.71. The van der Waals surface area contributed by atoms with Gasteiger partial charge in [0.2, 0.25) is 0 Å². The maximum atomic E-state index is 10.2. The van der Waals surface area contributed by atoms with Gasteiger partial charge in [-0.15, -0.1) is 0 Å². The zero-order chi connectivity index (χ0) is 9.40. The quantitative estimate of drug-likeness (QED) is 0.445. The summed E-state index contributed by atoms with van der Waals surface area (Å²) >= 11 is 0. The molecule has 8 heteroatoms. The molecule has 0 spiro atoms. The molecule has 0 aromatic heterocycles. The molecule has 70 valence electrons. The van der Waals surface area contributed by atoms with Gasteiger partial charge in [-0.3, -0.25) is 9.78 Å². The molecule has 0 aliphatic carbocycles. The van der Waals surface area contributed by atoms with E-state index >= 15 is 0 Å². The van der Waals surface area contributed by atoms with Crippen LogP contribution in [0.3, 0.4) is 0 Å². The van der Waals surface area contributed by atoms with Crippen molar-refractivity contribution in [2.75, 3.05) is 14.2 Å². The highest BCUT2D eigenvalue weighted by Gasteiger charge is 2.12. The van der Waals surface area contributed by atoms with Gasteiger partial charge in [-0.05, 0) is 0 Å². The monoisotopic (exact) mass is 182 g/mol. The predicted octanol–water partition coefficient (Wildman–Crippen LogP) is 0.331. The topological polar surface area (TPSA) is 89.5 Å². The van der Waals surface area contributed by atoms with E-state index in [1.807, 2.05) is 0 Å². The maximum Gasteiger partial charge on any atom is 0.582 e. The third-order valence-corrected chi connectivity index (χ3v) is 0.480. The SMILES string of the molecule is COOC(=O)OOC(=O)OOC. The van der Waals surface area contributed by atoms with Crippen LogP contribution in [0.2, 0.25) is 0 Å². The Morgan fingerprint density at radius 3 is 1.33 bits per heavy atom. The second kappa shape index (κ2) is 6.19. The van der Waals surface area contributed by atoms with Crippen molar-refractivity contribution in [3.05, 3.63) is 0 Å². The van der Waals surface area contributed by atoms with Crippen molar-refractivity contribution in [1.82, 2.24) is 0 Å².